The molecule has 0 saturated heterocycles. The lowest BCUT2D eigenvalue weighted by molar-refractivity contribution is -0.255. The molecule has 1 unspecified atom stereocenters. The summed E-state index contributed by atoms with van der Waals surface area (Å²) < 4.78 is 12.5. The van der Waals surface area contributed by atoms with E-state index in [2.05, 4.69) is 0 Å². The summed E-state index contributed by atoms with van der Waals surface area (Å²) in [7, 11) is 1.78. The van der Waals surface area contributed by atoms with E-state index < -0.39 is 17.8 Å². The number of ether oxygens (including phenoxy) is 2. The first kappa shape index (κ1) is 16.0. The van der Waals surface area contributed by atoms with Crippen LogP contribution in [0.2, 0.25) is 0 Å². The fourth-order valence-corrected chi connectivity index (χ4v) is 3.36. The van der Waals surface area contributed by atoms with Gasteiger partial charge in [0, 0.05) is 24.1 Å². The van der Waals surface area contributed by atoms with Gasteiger partial charge in [0.1, 0.15) is 0 Å². The number of hydrogen-bond donors (Lipinski definition) is 1. The molecule has 3 aromatic rings. The van der Waals surface area contributed by atoms with Gasteiger partial charge in [-0.15, -0.1) is 0 Å². The van der Waals surface area contributed by atoms with Crippen LogP contribution in [0, 0.1) is 0 Å². The van der Waals surface area contributed by atoms with Crippen LogP contribution in [-0.2, 0) is 11.8 Å². The van der Waals surface area contributed by atoms with Gasteiger partial charge in [-0.1, -0.05) is 18.2 Å². The molecule has 0 bridgehead atoms. The Labute approximate surface area is 148 Å². The second-order valence-electron chi connectivity index (χ2n) is 6.16. The predicted octanol–water partition coefficient (Wildman–Crippen LogP) is 0.888. The number of hydrogen-bond acceptors (Lipinski definition) is 5. The lowest BCUT2D eigenvalue weighted by atomic mass is 9.90. The van der Waals surface area contributed by atoms with Crippen molar-refractivity contribution in [3.05, 3.63) is 59.3 Å². The molecule has 26 heavy (non-hydrogen) atoms. The first-order valence-corrected chi connectivity index (χ1v) is 7.95. The predicted molar refractivity (Wildman–Crippen MR) is 90.9 cm³/mol. The average molecular weight is 351 g/mol. The summed E-state index contributed by atoms with van der Waals surface area (Å²) in [5.74, 6) is -1.29. The molecule has 1 aromatic heterocycles. The summed E-state index contributed by atoms with van der Waals surface area (Å²) in [6, 6.07) is 9.90. The van der Waals surface area contributed by atoms with E-state index in [1.165, 1.54) is 12.1 Å². The maximum Gasteiger partial charge on any atom is 0.231 e. The molecule has 0 aliphatic carbocycles. The summed E-state index contributed by atoms with van der Waals surface area (Å²) in [6.45, 7) is 0.139. The standard InChI is InChI=1S/C19H16N2O5/c1-21-8-13(12-4-2-11(19(23)24)6-14(12)21)17(18(20)22)10-3-5-15-16(7-10)26-9-25-15/h2-8,17H,9H2,1H3,(H2,20,22)(H,23,24)/p-1. The molecular weight excluding hydrogens is 336 g/mol. The molecule has 0 radical (unpaired) electrons. The number of nitrogens with two attached hydrogens (primary N) is 1. The van der Waals surface area contributed by atoms with E-state index in [0.717, 1.165) is 5.39 Å². The number of carbonyl (C=O) groups excluding carboxylic acids is 2. The molecule has 0 spiro atoms. The first-order chi connectivity index (χ1) is 12.5. The Morgan fingerprint density at radius 2 is 1.92 bits per heavy atom. The Morgan fingerprint density at radius 1 is 1.15 bits per heavy atom. The number of fused-ring (bicyclic) bond motifs is 2. The van der Waals surface area contributed by atoms with Crippen LogP contribution in [0.1, 0.15) is 27.4 Å². The normalized spacial score (nSPS) is 13.7. The van der Waals surface area contributed by atoms with Crippen LogP contribution >= 0.6 is 0 Å². The first-order valence-electron chi connectivity index (χ1n) is 7.95. The summed E-state index contributed by atoms with van der Waals surface area (Å²) in [5, 5.41) is 11.9. The van der Waals surface area contributed by atoms with Crippen molar-refractivity contribution in [1.29, 1.82) is 0 Å². The summed E-state index contributed by atoms with van der Waals surface area (Å²) in [4.78, 5) is 23.4. The van der Waals surface area contributed by atoms with Crippen LogP contribution in [0.25, 0.3) is 10.9 Å². The minimum Gasteiger partial charge on any atom is -0.545 e. The molecule has 7 nitrogen and oxygen atoms in total. The van der Waals surface area contributed by atoms with Crippen LogP contribution in [-0.4, -0.2) is 23.2 Å². The SMILES string of the molecule is Cn1cc(C(C(N)=O)c2ccc3c(c2)OCO3)c2ccc(C(=O)[O-])cc21. The largest absolute Gasteiger partial charge is 0.545 e. The minimum absolute atomic E-state index is 0.0731. The summed E-state index contributed by atoms with van der Waals surface area (Å²) >= 11 is 0. The zero-order valence-corrected chi connectivity index (χ0v) is 13.9. The second-order valence-corrected chi connectivity index (χ2v) is 6.16. The molecule has 1 aliphatic rings. The highest BCUT2D eigenvalue weighted by Gasteiger charge is 2.26. The second kappa shape index (κ2) is 5.80. The summed E-state index contributed by atoms with van der Waals surface area (Å²) in [6.07, 6.45) is 1.78. The molecule has 4 rings (SSSR count). The lowest BCUT2D eigenvalue weighted by Gasteiger charge is -2.14. The number of carboxylic acids is 1. The van der Waals surface area contributed by atoms with Gasteiger partial charge in [-0.3, -0.25) is 4.79 Å². The number of amides is 1. The lowest BCUT2D eigenvalue weighted by Crippen LogP contribution is -2.22. The number of aryl methyl sites for hydroxylation is 1. The monoisotopic (exact) mass is 351 g/mol. The number of carbonyl (C=O) groups is 2. The maximum absolute atomic E-state index is 12.3. The number of benzene rings is 2. The smallest absolute Gasteiger partial charge is 0.231 e. The van der Waals surface area contributed by atoms with Gasteiger partial charge in [0.15, 0.2) is 11.5 Å². The van der Waals surface area contributed by atoms with Crippen LogP contribution in [0.4, 0.5) is 0 Å². The number of rotatable bonds is 4. The molecule has 132 valence electrons. The zero-order chi connectivity index (χ0) is 18.4. The zero-order valence-electron chi connectivity index (χ0n) is 13.9. The molecule has 0 fully saturated rings. The van der Waals surface area contributed by atoms with Gasteiger partial charge in [0.25, 0.3) is 0 Å². The molecule has 2 heterocycles. The fourth-order valence-electron chi connectivity index (χ4n) is 3.36. The number of aromatic carboxylic acids is 1. The van der Waals surface area contributed by atoms with Crippen molar-refractivity contribution in [3.63, 3.8) is 0 Å². The fraction of sp³-hybridized carbons (Fsp3) is 0.158. The highest BCUT2D eigenvalue weighted by atomic mass is 16.7. The van der Waals surface area contributed by atoms with Gasteiger partial charge < -0.3 is 29.7 Å². The summed E-state index contributed by atoms with van der Waals surface area (Å²) in [5.41, 5.74) is 7.82. The molecule has 0 saturated carbocycles. The molecule has 1 atom stereocenters. The molecular formula is C19H15N2O5-. The number of aromatic nitrogens is 1. The third-order valence-corrected chi connectivity index (χ3v) is 4.58. The molecule has 1 aliphatic heterocycles. The van der Waals surface area contributed by atoms with Gasteiger partial charge >= 0.3 is 0 Å². The maximum atomic E-state index is 12.3. The van der Waals surface area contributed by atoms with E-state index in [0.29, 0.717) is 28.1 Å². The van der Waals surface area contributed by atoms with Crippen molar-refractivity contribution in [2.75, 3.05) is 6.79 Å². The number of primary amides is 1. The van der Waals surface area contributed by atoms with Crippen molar-refractivity contribution >= 4 is 22.8 Å². The van der Waals surface area contributed by atoms with E-state index in [9.17, 15) is 14.7 Å². The van der Waals surface area contributed by atoms with Gasteiger partial charge in [0.05, 0.1) is 11.9 Å². The van der Waals surface area contributed by atoms with Crippen LogP contribution in [0.3, 0.4) is 0 Å². The molecule has 1 amide bonds. The minimum atomic E-state index is -1.25. The van der Waals surface area contributed by atoms with Crippen LogP contribution in [0.15, 0.2) is 42.6 Å². The van der Waals surface area contributed by atoms with Crippen molar-refractivity contribution in [1.82, 2.24) is 4.57 Å². The van der Waals surface area contributed by atoms with Gasteiger partial charge in [-0.05, 0) is 34.9 Å². The van der Waals surface area contributed by atoms with Crippen molar-refractivity contribution in [2.24, 2.45) is 12.8 Å². The topological polar surface area (TPSA) is 107 Å². The highest BCUT2D eigenvalue weighted by Crippen LogP contribution is 2.38. The Morgan fingerprint density at radius 3 is 2.65 bits per heavy atom. The Kier molecular flexibility index (Phi) is 3.57. The number of carboxylic acid groups (broad SMARTS) is 1. The molecule has 7 heteroatoms. The van der Waals surface area contributed by atoms with Gasteiger partial charge in [-0.2, -0.15) is 0 Å². The van der Waals surface area contributed by atoms with Gasteiger partial charge in [0.2, 0.25) is 12.7 Å². The van der Waals surface area contributed by atoms with E-state index in [1.54, 1.807) is 42.1 Å². The van der Waals surface area contributed by atoms with Crippen molar-refractivity contribution in [3.8, 4) is 11.5 Å². The molecule has 2 N–H and O–H groups in total. The number of nitrogens with zero attached hydrogens (tertiary/aromatic N) is 1. The Bertz CT molecular complexity index is 1050. The van der Waals surface area contributed by atoms with E-state index in [-0.39, 0.29) is 12.4 Å². The third kappa shape index (κ3) is 2.45. The van der Waals surface area contributed by atoms with Crippen LogP contribution in [0.5, 0.6) is 11.5 Å². The van der Waals surface area contributed by atoms with E-state index >= 15 is 0 Å². The average Bonchev–Trinajstić information content (AvgIpc) is 3.19. The van der Waals surface area contributed by atoms with E-state index in [4.69, 9.17) is 15.2 Å². The van der Waals surface area contributed by atoms with Crippen LogP contribution < -0.4 is 20.3 Å². The van der Waals surface area contributed by atoms with Crippen molar-refractivity contribution in [2.45, 2.75) is 5.92 Å². The Hall–Kier alpha value is -3.48. The third-order valence-electron chi connectivity index (χ3n) is 4.58. The quantitative estimate of drug-likeness (QED) is 0.751. The van der Waals surface area contributed by atoms with Gasteiger partial charge in [-0.25, -0.2) is 0 Å². The van der Waals surface area contributed by atoms with E-state index in [1.807, 2.05) is 0 Å². The highest BCUT2D eigenvalue weighted by molar-refractivity contribution is 5.97. The van der Waals surface area contributed by atoms with Crippen molar-refractivity contribution < 1.29 is 24.2 Å². The molecule has 2 aromatic carbocycles. The Balaban J connectivity index is 1.88.